The Balaban J connectivity index is 2.65. The Morgan fingerprint density at radius 3 is 2.69 bits per heavy atom. The number of allylic oxidation sites excluding steroid dienone is 2. The molecule has 1 rings (SSSR count). The minimum Gasteiger partial charge on any atom is -0.421 e. The molecule has 0 bridgehead atoms. The van der Waals surface area contributed by atoms with Crippen LogP contribution in [0.1, 0.15) is 32.6 Å². The van der Waals surface area contributed by atoms with Gasteiger partial charge >= 0.3 is 6.16 Å². The van der Waals surface area contributed by atoms with Crippen molar-refractivity contribution in [3.63, 3.8) is 0 Å². The molecular weight excluding hydrogens is 208 g/mol. The van der Waals surface area contributed by atoms with E-state index >= 15 is 0 Å². The van der Waals surface area contributed by atoms with Gasteiger partial charge in [0.1, 0.15) is 5.76 Å². The Bertz CT molecular complexity index is 360. The molecule has 0 saturated carbocycles. The zero-order valence-electron chi connectivity index (χ0n) is 9.25. The molecule has 1 aliphatic carbocycles. The van der Waals surface area contributed by atoms with Crippen LogP contribution >= 0.6 is 0 Å². The number of Topliss-reactive ketones (excluding diaryl/α,β-unsaturated/α-hetero) is 1. The molecule has 0 heterocycles. The van der Waals surface area contributed by atoms with Crippen LogP contribution in [0.25, 0.3) is 0 Å². The second-order valence-corrected chi connectivity index (χ2v) is 3.51. The molecule has 0 aromatic carbocycles. The third-order valence-corrected chi connectivity index (χ3v) is 2.32. The van der Waals surface area contributed by atoms with Gasteiger partial charge in [-0.25, -0.2) is 4.79 Å². The minimum atomic E-state index is -0.839. The van der Waals surface area contributed by atoms with E-state index in [1.54, 1.807) is 0 Å². The van der Waals surface area contributed by atoms with Crippen molar-refractivity contribution >= 4 is 11.9 Å². The van der Waals surface area contributed by atoms with Crippen LogP contribution in [0, 0.1) is 12.3 Å². The zero-order valence-corrected chi connectivity index (χ0v) is 9.25. The van der Waals surface area contributed by atoms with Crippen molar-refractivity contribution in [1.29, 1.82) is 0 Å². The topological polar surface area (TPSA) is 52.6 Å². The number of ether oxygens (including phenoxy) is 2. The lowest BCUT2D eigenvalue weighted by molar-refractivity contribution is -0.114. The highest BCUT2D eigenvalue weighted by Crippen LogP contribution is 2.26. The van der Waals surface area contributed by atoms with Gasteiger partial charge in [0.25, 0.3) is 0 Å². The summed E-state index contributed by atoms with van der Waals surface area (Å²) in [5, 5.41) is 0. The first-order chi connectivity index (χ1) is 7.65. The summed E-state index contributed by atoms with van der Waals surface area (Å²) in [6.07, 6.45) is 7.21. The highest BCUT2D eigenvalue weighted by Gasteiger charge is 2.20. The summed E-state index contributed by atoms with van der Waals surface area (Å²) >= 11 is 0. The van der Waals surface area contributed by atoms with Crippen LogP contribution in [0.5, 0.6) is 0 Å². The maximum Gasteiger partial charge on any atom is 0.514 e. The third kappa shape index (κ3) is 3.43. The molecule has 4 heteroatoms. The van der Waals surface area contributed by atoms with Gasteiger partial charge in [-0.05, 0) is 26.2 Å². The molecule has 0 N–H and O–H groups in total. The maximum atomic E-state index is 11.3. The molecular formula is C12H14O4. The zero-order chi connectivity index (χ0) is 12.0. The molecule has 0 aromatic rings. The highest BCUT2D eigenvalue weighted by molar-refractivity contribution is 5.94. The number of hydrogen-bond donors (Lipinski definition) is 0. The monoisotopic (exact) mass is 222 g/mol. The summed E-state index contributed by atoms with van der Waals surface area (Å²) in [7, 11) is 0. The fourth-order valence-electron chi connectivity index (χ4n) is 1.59. The molecule has 0 saturated heterocycles. The number of carbonyl (C=O) groups excluding carboxylic acids is 2. The number of terminal acetylenes is 1. The van der Waals surface area contributed by atoms with E-state index in [0.29, 0.717) is 24.2 Å². The second-order valence-electron chi connectivity index (χ2n) is 3.51. The van der Waals surface area contributed by atoms with Crippen LogP contribution in [-0.2, 0) is 14.3 Å². The van der Waals surface area contributed by atoms with Crippen LogP contribution in [0.3, 0.4) is 0 Å². The van der Waals surface area contributed by atoms with E-state index in [9.17, 15) is 9.59 Å². The van der Waals surface area contributed by atoms with Crippen molar-refractivity contribution in [3.8, 4) is 12.3 Å². The quantitative estimate of drug-likeness (QED) is 0.542. The van der Waals surface area contributed by atoms with Gasteiger partial charge in [0, 0.05) is 12.0 Å². The summed E-state index contributed by atoms with van der Waals surface area (Å²) < 4.78 is 9.55. The van der Waals surface area contributed by atoms with Crippen molar-refractivity contribution in [2.75, 3.05) is 6.61 Å². The standard InChI is InChI=1S/C12H14O4/c1-3-8-15-12(14)16-11-7-5-4-6-10(11)9(2)13/h1H,4-8H2,2H3. The molecule has 0 radical (unpaired) electrons. The van der Waals surface area contributed by atoms with Crippen LogP contribution in [0.4, 0.5) is 4.79 Å². The van der Waals surface area contributed by atoms with Gasteiger partial charge < -0.3 is 9.47 Å². The first-order valence-corrected chi connectivity index (χ1v) is 5.16. The lowest BCUT2D eigenvalue weighted by Gasteiger charge is -2.17. The fraction of sp³-hybridized carbons (Fsp3) is 0.500. The highest BCUT2D eigenvalue weighted by atomic mass is 16.7. The Morgan fingerprint density at radius 2 is 2.06 bits per heavy atom. The van der Waals surface area contributed by atoms with E-state index < -0.39 is 6.16 Å². The van der Waals surface area contributed by atoms with Crippen LogP contribution in [0.15, 0.2) is 11.3 Å². The Hall–Kier alpha value is -1.76. The summed E-state index contributed by atoms with van der Waals surface area (Å²) in [5.41, 5.74) is 0.587. The van der Waals surface area contributed by atoms with Gasteiger partial charge in [0.05, 0.1) is 0 Å². The molecule has 4 nitrogen and oxygen atoms in total. The largest absolute Gasteiger partial charge is 0.514 e. The van der Waals surface area contributed by atoms with Crippen molar-refractivity contribution in [3.05, 3.63) is 11.3 Å². The number of ketones is 1. The third-order valence-electron chi connectivity index (χ3n) is 2.32. The van der Waals surface area contributed by atoms with Gasteiger partial charge in [0.2, 0.25) is 0 Å². The molecule has 0 atom stereocenters. The SMILES string of the molecule is C#CCOC(=O)OC1=C(C(C)=O)CCCC1. The van der Waals surface area contributed by atoms with E-state index in [4.69, 9.17) is 11.2 Å². The molecule has 1 aliphatic rings. The van der Waals surface area contributed by atoms with Crippen LogP contribution in [-0.4, -0.2) is 18.5 Å². The summed E-state index contributed by atoms with van der Waals surface area (Å²) in [6.45, 7) is 1.35. The summed E-state index contributed by atoms with van der Waals surface area (Å²) in [5.74, 6) is 2.54. The van der Waals surface area contributed by atoms with Gasteiger partial charge in [-0.15, -0.1) is 6.42 Å². The van der Waals surface area contributed by atoms with E-state index in [-0.39, 0.29) is 12.4 Å². The lowest BCUT2D eigenvalue weighted by atomic mass is 9.95. The van der Waals surface area contributed by atoms with Crippen molar-refractivity contribution < 1.29 is 19.1 Å². The van der Waals surface area contributed by atoms with Crippen molar-refractivity contribution in [2.45, 2.75) is 32.6 Å². The summed E-state index contributed by atoms with van der Waals surface area (Å²) in [6, 6.07) is 0. The predicted octanol–water partition coefficient (Wildman–Crippen LogP) is 2.19. The number of rotatable bonds is 3. The smallest absolute Gasteiger partial charge is 0.421 e. The van der Waals surface area contributed by atoms with Gasteiger partial charge in [0.15, 0.2) is 12.4 Å². The molecule has 0 fully saturated rings. The van der Waals surface area contributed by atoms with Gasteiger partial charge in [-0.3, -0.25) is 4.79 Å². The fourth-order valence-corrected chi connectivity index (χ4v) is 1.59. The van der Waals surface area contributed by atoms with Crippen LogP contribution in [0.2, 0.25) is 0 Å². The van der Waals surface area contributed by atoms with Crippen molar-refractivity contribution in [2.24, 2.45) is 0 Å². The Kier molecular flexibility index (Phi) is 4.59. The number of hydrogen-bond acceptors (Lipinski definition) is 4. The van der Waals surface area contributed by atoms with E-state index in [2.05, 4.69) is 10.7 Å². The Morgan fingerprint density at radius 1 is 1.38 bits per heavy atom. The normalized spacial score (nSPS) is 15.2. The van der Waals surface area contributed by atoms with E-state index in [1.165, 1.54) is 6.92 Å². The van der Waals surface area contributed by atoms with Crippen molar-refractivity contribution in [1.82, 2.24) is 0 Å². The molecule has 0 aromatic heterocycles. The van der Waals surface area contributed by atoms with E-state index in [0.717, 1.165) is 12.8 Å². The second kappa shape index (κ2) is 5.96. The average Bonchev–Trinajstić information content (AvgIpc) is 2.27. The lowest BCUT2D eigenvalue weighted by Crippen LogP contribution is -2.14. The Labute approximate surface area is 94.6 Å². The molecule has 0 amide bonds. The first-order valence-electron chi connectivity index (χ1n) is 5.16. The maximum absolute atomic E-state index is 11.3. The van der Waals surface area contributed by atoms with Gasteiger partial charge in [-0.2, -0.15) is 0 Å². The molecule has 86 valence electrons. The summed E-state index contributed by atoms with van der Waals surface area (Å²) in [4.78, 5) is 22.4. The van der Waals surface area contributed by atoms with E-state index in [1.807, 2.05) is 0 Å². The molecule has 0 aliphatic heterocycles. The minimum absolute atomic E-state index is 0.0561. The molecule has 16 heavy (non-hydrogen) atoms. The number of carbonyl (C=O) groups is 2. The predicted molar refractivity (Wildman–Crippen MR) is 57.4 cm³/mol. The molecule has 0 unspecified atom stereocenters. The van der Waals surface area contributed by atoms with Gasteiger partial charge in [-0.1, -0.05) is 5.92 Å². The molecule has 0 spiro atoms. The van der Waals surface area contributed by atoms with Crippen LogP contribution < -0.4 is 0 Å². The average molecular weight is 222 g/mol. The first kappa shape index (κ1) is 12.3.